The number of benzene rings is 2. The molecule has 0 radical (unpaired) electrons. The number of piperazine rings is 1. The van der Waals surface area contributed by atoms with Gasteiger partial charge in [0.15, 0.2) is 5.78 Å². The first-order chi connectivity index (χ1) is 12.5. The molecule has 138 valence electrons. The van der Waals surface area contributed by atoms with Gasteiger partial charge >= 0.3 is 0 Å². The SMILES string of the molecule is Cc1ccc(N2CCN(CCCC(=O)c3ccc(F)cc3N)CC2)cc1. The average molecular weight is 355 g/mol. The second-order valence-electron chi connectivity index (χ2n) is 6.92. The Labute approximate surface area is 154 Å². The Kier molecular flexibility index (Phi) is 5.89. The molecule has 0 spiro atoms. The summed E-state index contributed by atoms with van der Waals surface area (Å²) in [5.74, 6) is -0.425. The Bertz CT molecular complexity index is 752. The molecule has 0 aromatic heterocycles. The second kappa shape index (κ2) is 8.32. The van der Waals surface area contributed by atoms with Crippen molar-refractivity contribution in [3.05, 3.63) is 59.4 Å². The topological polar surface area (TPSA) is 49.6 Å². The van der Waals surface area contributed by atoms with Gasteiger partial charge in [-0.3, -0.25) is 9.69 Å². The van der Waals surface area contributed by atoms with Crippen LogP contribution in [0, 0.1) is 12.7 Å². The van der Waals surface area contributed by atoms with Gasteiger partial charge in [0.2, 0.25) is 0 Å². The molecule has 3 rings (SSSR count). The third kappa shape index (κ3) is 4.61. The van der Waals surface area contributed by atoms with Crippen molar-refractivity contribution >= 4 is 17.2 Å². The molecule has 26 heavy (non-hydrogen) atoms. The summed E-state index contributed by atoms with van der Waals surface area (Å²) < 4.78 is 13.1. The van der Waals surface area contributed by atoms with E-state index in [0.717, 1.165) is 39.1 Å². The summed E-state index contributed by atoms with van der Waals surface area (Å²) in [7, 11) is 0. The van der Waals surface area contributed by atoms with E-state index < -0.39 is 5.82 Å². The van der Waals surface area contributed by atoms with Crippen LogP contribution in [-0.4, -0.2) is 43.4 Å². The van der Waals surface area contributed by atoms with Crippen molar-refractivity contribution in [3.8, 4) is 0 Å². The van der Waals surface area contributed by atoms with Gasteiger partial charge in [0.05, 0.1) is 0 Å². The first kappa shape index (κ1) is 18.4. The molecule has 1 aliphatic rings. The molecule has 0 aliphatic carbocycles. The van der Waals surface area contributed by atoms with Gasteiger partial charge in [-0.15, -0.1) is 0 Å². The van der Waals surface area contributed by atoms with Gasteiger partial charge in [0, 0.05) is 49.5 Å². The van der Waals surface area contributed by atoms with E-state index in [1.165, 1.54) is 29.4 Å². The maximum Gasteiger partial charge on any atom is 0.164 e. The molecule has 0 unspecified atom stereocenters. The lowest BCUT2D eigenvalue weighted by Gasteiger charge is -2.36. The number of nitrogens with zero attached hydrogens (tertiary/aromatic N) is 2. The fourth-order valence-corrected chi connectivity index (χ4v) is 3.37. The zero-order valence-electron chi connectivity index (χ0n) is 15.2. The predicted octanol–water partition coefficient (Wildman–Crippen LogP) is 3.50. The van der Waals surface area contributed by atoms with E-state index in [1.54, 1.807) is 0 Å². The molecule has 2 aromatic carbocycles. The van der Waals surface area contributed by atoms with E-state index >= 15 is 0 Å². The molecule has 1 fully saturated rings. The van der Waals surface area contributed by atoms with E-state index in [-0.39, 0.29) is 11.5 Å². The van der Waals surface area contributed by atoms with Gasteiger partial charge in [-0.05, 0) is 50.2 Å². The molecule has 0 amide bonds. The van der Waals surface area contributed by atoms with Gasteiger partial charge in [-0.25, -0.2) is 4.39 Å². The summed E-state index contributed by atoms with van der Waals surface area (Å²) in [5.41, 5.74) is 8.94. The molecule has 0 saturated carbocycles. The van der Waals surface area contributed by atoms with Crippen LogP contribution in [0.25, 0.3) is 0 Å². The van der Waals surface area contributed by atoms with Gasteiger partial charge in [0.1, 0.15) is 5.82 Å². The molecule has 2 aromatic rings. The summed E-state index contributed by atoms with van der Waals surface area (Å²) >= 11 is 0. The van der Waals surface area contributed by atoms with Crippen molar-refractivity contribution < 1.29 is 9.18 Å². The molecule has 0 bridgehead atoms. The average Bonchev–Trinajstić information content (AvgIpc) is 2.63. The zero-order valence-corrected chi connectivity index (χ0v) is 15.2. The number of carbonyl (C=O) groups excluding carboxylic acids is 1. The van der Waals surface area contributed by atoms with Crippen LogP contribution >= 0.6 is 0 Å². The number of carbonyl (C=O) groups is 1. The Morgan fingerprint density at radius 1 is 1.08 bits per heavy atom. The van der Waals surface area contributed by atoms with Crippen LogP contribution in [0.3, 0.4) is 0 Å². The van der Waals surface area contributed by atoms with E-state index in [9.17, 15) is 9.18 Å². The molecule has 1 heterocycles. The number of rotatable bonds is 6. The highest BCUT2D eigenvalue weighted by Gasteiger charge is 2.17. The van der Waals surface area contributed by atoms with Crippen molar-refractivity contribution in [3.63, 3.8) is 0 Å². The van der Waals surface area contributed by atoms with E-state index in [2.05, 4.69) is 41.0 Å². The Morgan fingerprint density at radius 2 is 1.77 bits per heavy atom. The Balaban J connectivity index is 1.42. The quantitative estimate of drug-likeness (QED) is 0.636. The van der Waals surface area contributed by atoms with Gasteiger partial charge < -0.3 is 10.6 Å². The number of anilines is 2. The number of hydrogen-bond donors (Lipinski definition) is 1. The van der Waals surface area contributed by atoms with Crippen LogP contribution in [0.15, 0.2) is 42.5 Å². The number of ketones is 1. The monoisotopic (exact) mass is 355 g/mol. The molecule has 0 atom stereocenters. The minimum absolute atomic E-state index is 0.0132. The van der Waals surface area contributed by atoms with Crippen LogP contribution in [-0.2, 0) is 0 Å². The summed E-state index contributed by atoms with van der Waals surface area (Å²) in [5, 5.41) is 0. The van der Waals surface area contributed by atoms with E-state index in [1.807, 2.05) is 0 Å². The lowest BCUT2D eigenvalue weighted by Crippen LogP contribution is -2.46. The minimum atomic E-state index is -0.412. The number of nitrogens with two attached hydrogens (primary N) is 1. The third-order valence-corrected chi connectivity index (χ3v) is 4.96. The fraction of sp³-hybridized carbons (Fsp3) is 0.381. The number of hydrogen-bond acceptors (Lipinski definition) is 4. The fourth-order valence-electron chi connectivity index (χ4n) is 3.37. The predicted molar refractivity (Wildman–Crippen MR) is 104 cm³/mol. The van der Waals surface area contributed by atoms with Gasteiger partial charge in [0.25, 0.3) is 0 Å². The summed E-state index contributed by atoms with van der Waals surface area (Å²) in [6.45, 7) is 7.00. The van der Waals surface area contributed by atoms with Gasteiger partial charge in [-0.1, -0.05) is 17.7 Å². The van der Waals surface area contributed by atoms with E-state index in [4.69, 9.17) is 5.73 Å². The Hall–Kier alpha value is -2.40. The van der Waals surface area contributed by atoms with Crippen molar-refractivity contribution in [1.82, 2.24) is 4.90 Å². The third-order valence-electron chi connectivity index (χ3n) is 4.96. The van der Waals surface area contributed by atoms with Crippen LogP contribution in [0.1, 0.15) is 28.8 Å². The highest BCUT2D eigenvalue weighted by Crippen LogP contribution is 2.18. The standard InChI is InChI=1S/C21H26FN3O/c1-16-4-7-18(8-5-16)25-13-11-24(12-14-25)10-2-3-21(26)19-9-6-17(22)15-20(19)23/h4-9,15H,2-3,10-14,23H2,1H3. The lowest BCUT2D eigenvalue weighted by molar-refractivity contribution is 0.0975. The molecular formula is C21H26FN3O. The Morgan fingerprint density at radius 3 is 2.42 bits per heavy atom. The molecule has 4 nitrogen and oxygen atoms in total. The zero-order chi connectivity index (χ0) is 18.5. The number of Topliss-reactive ketones (excluding diaryl/α,β-unsaturated/α-hetero) is 1. The van der Waals surface area contributed by atoms with Gasteiger partial charge in [-0.2, -0.15) is 0 Å². The largest absolute Gasteiger partial charge is 0.398 e. The normalized spacial score (nSPS) is 15.2. The van der Waals surface area contributed by atoms with Crippen molar-refractivity contribution in [2.24, 2.45) is 0 Å². The molecule has 5 heteroatoms. The number of halogens is 1. The maximum absolute atomic E-state index is 13.1. The molecular weight excluding hydrogens is 329 g/mol. The highest BCUT2D eigenvalue weighted by molar-refractivity contribution is 6.00. The van der Waals surface area contributed by atoms with E-state index in [0.29, 0.717) is 12.0 Å². The van der Waals surface area contributed by atoms with Crippen molar-refractivity contribution in [1.29, 1.82) is 0 Å². The first-order valence-electron chi connectivity index (χ1n) is 9.15. The van der Waals surface area contributed by atoms with Crippen molar-refractivity contribution in [2.45, 2.75) is 19.8 Å². The summed E-state index contributed by atoms with van der Waals surface area (Å²) in [4.78, 5) is 17.1. The van der Waals surface area contributed by atoms with Crippen molar-refractivity contribution in [2.75, 3.05) is 43.4 Å². The smallest absolute Gasteiger partial charge is 0.164 e. The summed E-state index contributed by atoms with van der Waals surface area (Å²) in [6, 6.07) is 12.6. The number of aryl methyl sites for hydroxylation is 1. The second-order valence-corrected chi connectivity index (χ2v) is 6.92. The summed E-state index contributed by atoms with van der Waals surface area (Å²) in [6.07, 6.45) is 1.23. The van der Waals surface area contributed by atoms with Crippen LogP contribution in [0.4, 0.5) is 15.8 Å². The van der Waals surface area contributed by atoms with Crippen LogP contribution in [0.5, 0.6) is 0 Å². The van der Waals surface area contributed by atoms with Crippen LogP contribution < -0.4 is 10.6 Å². The lowest BCUT2D eigenvalue weighted by atomic mass is 10.0. The highest BCUT2D eigenvalue weighted by atomic mass is 19.1. The molecule has 1 aliphatic heterocycles. The first-order valence-corrected chi connectivity index (χ1v) is 9.15. The number of nitrogen functional groups attached to an aromatic ring is 1. The van der Waals surface area contributed by atoms with Crippen LogP contribution in [0.2, 0.25) is 0 Å². The molecule has 1 saturated heterocycles. The minimum Gasteiger partial charge on any atom is -0.398 e. The molecule has 2 N–H and O–H groups in total. The maximum atomic E-state index is 13.1.